The van der Waals surface area contributed by atoms with E-state index in [-0.39, 0.29) is 6.04 Å². The van der Waals surface area contributed by atoms with Crippen molar-refractivity contribution in [1.82, 2.24) is 9.97 Å². The predicted octanol–water partition coefficient (Wildman–Crippen LogP) is 0.576. The maximum atomic E-state index is 5.84. The molecule has 2 rings (SSSR count). The summed E-state index contributed by atoms with van der Waals surface area (Å²) in [5.74, 6) is 0.831. The molecular weight excluding hydrogens is 176 g/mol. The van der Waals surface area contributed by atoms with Gasteiger partial charge in [-0.3, -0.25) is 0 Å². The van der Waals surface area contributed by atoms with Crippen LogP contribution in [0.25, 0.3) is 0 Å². The Kier molecular flexibility index (Phi) is 2.63. The maximum absolute atomic E-state index is 5.84. The van der Waals surface area contributed by atoms with E-state index in [1.807, 2.05) is 12.3 Å². The zero-order chi connectivity index (χ0) is 9.97. The summed E-state index contributed by atoms with van der Waals surface area (Å²) >= 11 is 0. The van der Waals surface area contributed by atoms with E-state index in [0.29, 0.717) is 0 Å². The Bertz CT molecular complexity index is 313. The average molecular weight is 192 g/mol. The predicted molar refractivity (Wildman–Crippen MR) is 56.2 cm³/mol. The lowest BCUT2D eigenvalue weighted by Crippen LogP contribution is -2.27. The van der Waals surface area contributed by atoms with Crippen molar-refractivity contribution < 1.29 is 0 Å². The second-order valence-electron chi connectivity index (χ2n) is 3.70. The molecule has 0 saturated carbocycles. The van der Waals surface area contributed by atoms with Gasteiger partial charge in [0.1, 0.15) is 0 Å². The van der Waals surface area contributed by atoms with Crippen molar-refractivity contribution in [3.63, 3.8) is 0 Å². The van der Waals surface area contributed by atoms with Crippen LogP contribution in [0.4, 0.5) is 5.95 Å². The molecule has 0 aromatic carbocycles. The van der Waals surface area contributed by atoms with Gasteiger partial charge in [-0.25, -0.2) is 9.97 Å². The molecule has 4 nitrogen and oxygen atoms in total. The Morgan fingerprint density at radius 1 is 1.64 bits per heavy atom. The van der Waals surface area contributed by atoms with Crippen molar-refractivity contribution in [3.8, 4) is 0 Å². The van der Waals surface area contributed by atoms with Crippen LogP contribution in [0.15, 0.2) is 12.3 Å². The van der Waals surface area contributed by atoms with Crippen molar-refractivity contribution in [2.75, 3.05) is 18.0 Å². The van der Waals surface area contributed by atoms with E-state index in [0.717, 1.165) is 37.6 Å². The van der Waals surface area contributed by atoms with Crippen molar-refractivity contribution in [2.45, 2.75) is 25.8 Å². The van der Waals surface area contributed by atoms with Gasteiger partial charge in [-0.1, -0.05) is 6.92 Å². The molecule has 0 spiro atoms. The second kappa shape index (κ2) is 3.92. The normalized spacial score (nSPS) is 21.6. The largest absolute Gasteiger partial charge is 0.339 e. The molecule has 2 heterocycles. The highest BCUT2D eigenvalue weighted by Crippen LogP contribution is 2.14. The van der Waals surface area contributed by atoms with Gasteiger partial charge in [-0.05, 0) is 18.9 Å². The molecule has 1 aliphatic rings. The first kappa shape index (κ1) is 9.40. The summed E-state index contributed by atoms with van der Waals surface area (Å²) in [7, 11) is 0. The fourth-order valence-electron chi connectivity index (χ4n) is 1.70. The van der Waals surface area contributed by atoms with Gasteiger partial charge in [0.25, 0.3) is 0 Å². The number of hydrogen-bond donors (Lipinski definition) is 1. The van der Waals surface area contributed by atoms with Gasteiger partial charge >= 0.3 is 0 Å². The fourth-order valence-corrected chi connectivity index (χ4v) is 1.70. The Morgan fingerprint density at radius 2 is 2.50 bits per heavy atom. The van der Waals surface area contributed by atoms with Gasteiger partial charge < -0.3 is 10.6 Å². The SMILES string of the molecule is CCc1ccnc(N2CC[C@@H](N)C2)n1. The second-order valence-corrected chi connectivity index (χ2v) is 3.70. The molecule has 0 amide bonds. The average Bonchev–Trinajstić information content (AvgIpc) is 2.65. The number of hydrogen-bond acceptors (Lipinski definition) is 4. The number of nitrogens with zero attached hydrogens (tertiary/aromatic N) is 3. The van der Waals surface area contributed by atoms with Crippen LogP contribution in [0.3, 0.4) is 0 Å². The Hall–Kier alpha value is -1.16. The lowest BCUT2D eigenvalue weighted by Gasteiger charge is -2.15. The third kappa shape index (κ3) is 1.85. The topological polar surface area (TPSA) is 55.0 Å². The summed E-state index contributed by atoms with van der Waals surface area (Å²) in [6.07, 6.45) is 3.82. The molecular formula is C10H16N4. The monoisotopic (exact) mass is 192 g/mol. The third-order valence-electron chi connectivity index (χ3n) is 2.57. The zero-order valence-electron chi connectivity index (χ0n) is 8.48. The molecule has 1 aromatic heterocycles. The molecule has 4 heteroatoms. The van der Waals surface area contributed by atoms with E-state index in [1.165, 1.54) is 0 Å². The molecule has 76 valence electrons. The number of nitrogens with two attached hydrogens (primary N) is 1. The van der Waals surface area contributed by atoms with Gasteiger partial charge in [-0.15, -0.1) is 0 Å². The van der Waals surface area contributed by atoms with Crippen molar-refractivity contribution in [1.29, 1.82) is 0 Å². The van der Waals surface area contributed by atoms with Crippen LogP contribution in [-0.4, -0.2) is 29.1 Å². The Balaban J connectivity index is 2.15. The Morgan fingerprint density at radius 3 is 3.14 bits per heavy atom. The molecule has 14 heavy (non-hydrogen) atoms. The standard InChI is InChI=1S/C10H16N4/c1-2-9-3-5-12-10(13-9)14-6-4-8(11)7-14/h3,5,8H,2,4,6-7,11H2,1H3/t8-/m1/s1. The van der Waals surface area contributed by atoms with E-state index in [2.05, 4.69) is 21.8 Å². The van der Waals surface area contributed by atoms with Crippen molar-refractivity contribution in [2.24, 2.45) is 5.73 Å². The third-order valence-corrected chi connectivity index (χ3v) is 2.57. The van der Waals surface area contributed by atoms with E-state index < -0.39 is 0 Å². The molecule has 1 aliphatic heterocycles. The minimum absolute atomic E-state index is 0.281. The van der Waals surface area contributed by atoms with E-state index in [4.69, 9.17) is 5.73 Å². The van der Waals surface area contributed by atoms with Gasteiger partial charge in [0, 0.05) is 31.0 Å². The lowest BCUT2D eigenvalue weighted by atomic mass is 10.3. The van der Waals surface area contributed by atoms with Crippen LogP contribution in [0.2, 0.25) is 0 Å². The summed E-state index contributed by atoms with van der Waals surface area (Å²) < 4.78 is 0. The number of aryl methyl sites for hydroxylation is 1. The Labute approximate surface area is 84.2 Å². The molecule has 0 radical (unpaired) electrons. The highest BCUT2D eigenvalue weighted by Gasteiger charge is 2.20. The highest BCUT2D eigenvalue weighted by molar-refractivity contribution is 5.32. The summed E-state index contributed by atoms with van der Waals surface area (Å²) in [6, 6.07) is 2.24. The van der Waals surface area contributed by atoms with Crippen molar-refractivity contribution >= 4 is 5.95 Å². The first-order valence-corrected chi connectivity index (χ1v) is 5.12. The number of aromatic nitrogens is 2. The van der Waals surface area contributed by atoms with Crippen LogP contribution >= 0.6 is 0 Å². The number of rotatable bonds is 2. The van der Waals surface area contributed by atoms with E-state index in [9.17, 15) is 0 Å². The summed E-state index contributed by atoms with van der Waals surface area (Å²) in [4.78, 5) is 10.9. The van der Waals surface area contributed by atoms with Crippen LogP contribution in [0.1, 0.15) is 19.0 Å². The van der Waals surface area contributed by atoms with Gasteiger partial charge in [0.05, 0.1) is 0 Å². The minimum atomic E-state index is 0.281. The maximum Gasteiger partial charge on any atom is 0.225 e. The van der Waals surface area contributed by atoms with E-state index in [1.54, 1.807) is 0 Å². The molecule has 0 bridgehead atoms. The molecule has 0 unspecified atom stereocenters. The number of anilines is 1. The quantitative estimate of drug-likeness (QED) is 0.744. The molecule has 2 N–H and O–H groups in total. The van der Waals surface area contributed by atoms with Crippen molar-refractivity contribution in [3.05, 3.63) is 18.0 Å². The lowest BCUT2D eigenvalue weighted by molar-refractivity contribution is 0.749. The smallest absolute Gasteiger partial charge is 0.225 e. The fraction of sp³-hybridized carbons (Fsp3) is 0.600. The van der Waals surface area contributed by atoms with Crippen LogP contribution in [0, 0.1) is 0 Å². The molecule has 1 fully saturated rings. The first-order valence-electron chi connectivity index (χ1n) is 5.12. The van der Waals surface area contributed by atoms with Gasteiger partial charge in [0.2, 0.25) is 5.95 Å². The molecule has 0 aliphatic carbocycles. The summed E-state index contributed by atoms with van der Waals surface area (Å²) in [5, 5.41) is 0. The zero-order valence-corrected chi connectivity index (χ0v) is 8.48. The highest BCUT2D eigenvalue weighted by atomic mass is 15.3. The summed E-state index contributed by atoms with van der Waals surface area (Å²) in [6.45, 7) is 3.96. The summed E-state index contributed by atoms with van der Waals surface area (Å²) in [5.41, 5.74) is 6.93. The van der Waals surface area contributed by atoms with Crippen LogP contribution < -0.4 is 10.6 Å². The molecule has 1 atom stereocenters. The van der Waals surface area contributed by atoms with Gasteiger partial charge in [0.15, 0.2) is 0 Å². The molecule has 1 aromatic rings. The van der Waals surface area contributed by atoms with Crippen LogP contribution in [-0.2, 0) is 6.42 Å². The first-order chi connectivity index (χ1) is 6.79. The molecule has 1 saturated heterocycles. The van der Waals surface area contributed by atoms with Crippen LogP contribution in [0.5, 0.6) is 0 Å². The minimum Gasteiger partial charge on any atom is -0.339 e. The van der Waals surface area contributed by atoms with Gasteiger partial charge in [-0.2, -0.15) is 0 Å². The van der Waals surface area contributed by atoms with E-state index >= 15 is 0 Å².